The SMILES string of the molecule is O=C(c1ccc(Cl)cc1)c1c[nH]c2cccc(C(=O)N3CCN(c4ccsc4)CC3)c12. The maximum Gasteiger partial charge on any atom is 0.254 e. The molecule has 156 valence electrons. The molecule has 1 aliphatic heterocycles. The predicted molar refractivity (Wildman–Crippen MR) is 126 cm³/mol. The molecule has 31 heavy (non-hydrogen) atoms. The molecule has 2 aromatic carbocycles. The van der Waals surface area contributed by atoms with Gasteiger partial charge in [-0.3, -0.25) is 9.59 Å². The molecule has 7 heteroatoms. The van der Waals surface area contributed by atoms with Crippen molar-refractivity contribution in [3.05, 3.63) is 87.2 Å². The molecule has 5 nitrogen and oxygen atoms in total. The van der Waals surface area contributed by atoms with E-state index in [1.165, 1.54) is 5.69 Å². The van der Waals surface area contributed by atoms with E-state index in [1.54, 1.807) is 41.8 Å². The van der Waals surface area contributed by atoms with Gasteiger partial charge in [-0.15, -0.1) is 0 Å². The van der Waals surface area contributed by atoms with Gasteiger partial charge in [-0.05, 0) is 47.8 Å². The average Bonchev–Trinajstić information content (AvgIpc) is 3.49. The van der Waals surface area contributed by atoms with Crippen molar-refractivity contribution in [1.29, 1.82) is 0 Å². The number of H-pyrrole nitrogens is 1. The summed E-state index contributed by atoms with van der Waals surface area (Å²) in [5.74, 6) is -0.175. The van der Waals surface area contributed by atoms with Crippen LogP contribution >= 0.6 is 22.9 Å². The van der Waals surface area contributed by atoms with Crippen LogP contribution in [-0.4, -0.2) is 47.8 Å². The highest BCUT2D eigenvalue weighted by molar-refractivity contribution is 7.08. The number of benzene rings is 2. The number of nitrogens with one attached hydrogen (secondary N) is 1. The molecule has 0 unspecified atom stereocenters. The van der Waals surface area contributed by atoms with E-state index in [9.17, 15) is 9.59 Å². The number of halogens is 1. The first-order valence-electron chi connectivity index (χ1n) is 10.1. The van der Waals surface area contributed by atoms with Gasteiger partial charge in [0.05, 0.1) is 0 Å². The number of fused-ring (bicyclic) bond motifs is 1. The van der Waals surface area contributed by atoms with Crippen molar-refractivity contribution in [2.24, 2.45) is 0 Å². The third kappa shape index (κ3) is 3.73. The first kappa shape index (κ1) is 19.8. The van der Waals surface area contributed by atoms with Crippen LogP contribution < -0.4 is 4.90 Å². The van der Waals surface area contributed by atoms with Gasteiger partial charge in [0.15, 0.2) is 5.78 Å². The second kappa shape index (κ2) is 8.21. The van der Waals surface area contributed by atoms with Crippen molar-refractivity contribution in [2.45, 2.75) is 0 Å². The molecule has 0 aliphatic carbocycles. The molecule has 1 fully saturated rings. The fourth-order valence-corrected chi connectivity index (χ4v) is 4.86. The van der Waals surface area contributed by atoms with Crippen LogP contribution in [0.15, 0.2) is 65.5 Å². The third-order valence-corrected chi connectivity index (χ3v) is 6.65. The third-order valence-electron chi connectivity index (χ3n) is 5.73. The second-order valence-corrected chi connectivity index (χ2v) is 8.74. The number of aromatic amines is 1. The second-order valence-electron chi connectivity index (χ2n) is 7.53. The molecule has 0 saturated carbocycles. The molecule has 4 aromatic rings. The van der Waals surface area contributed by atoms with Crippen LogP contribution in [-0.2, 0) is 0 Å². The molecular formula is C24H20ClN3O2S. The molecular weight excluding hydrogens is 430 g/mol. The lowest BCUT2D eigenvalue weighted by atomic mass is 9.98. The van der Waals surface area contributed by atoms with Gasteiger partial charge in [0.25, 0.3) is 5.91 Å². The number of thiophene rings is 1. The van der Waals surface area contributed by atoms with Crippen LogP contribution in [0, 0.1) is 0 Å². The normalized spacial score (nSPS) is 14.2. The lowest BCUT2D eigenvalue weighted by Crippen LogP contribution is -2.48. The number of carbonyl (C=O) groups is 2. The summed E-state index contributed by atoms with van der Waals surface area (Å²) < 4.78 is 0. The summed E-state index contributed by atoms with van der Waals surface area (Å²) in [6, 6.07) is 14.5. The van der Waals surface area contributed by atoms with E-state index in [2.05, 4.69) is 26.7 Å². The van der Waals surface area contributed by atoms with Gasteiger partial charge in [-0.2, -0.15) is 11.3 Å². The smallest absolute Gasteiger partial charge is 0.254 e. The molecule has 1 saturated heterocycles. The van der Waals surface area contributed by atoms with Crippen LogP contribution in [0.2, 0.25) is 5.02 Å². The highest BCUT2D eigenvalue weighted by Crippen LogP contribution is 2.27. The first-order chi connectivity index (χ1) is 15.1. The maximum absolute atomic E-state index is 13.4. The quantitative estimate of drug-likeness (QED) is 0.442. The Labute approximate surface area is 188 Å². The summed E-state index contributed by atoms with van der Waals surface area (Å²) in [5.41, 5.74) is 3.58. The molecule has 0 atom stereocenters. The van der Waals surface area contributed by atoms with Gasteiger partial charge in [0, 0.05) is 76.1 Å². The summed E-state index contributed by atoms with van der Waals surface area (Å²) in [5, 5.41) is 5.45. The van der Waals surface area contributed by atoms with Gasteiger partial charge in [-0.25, -0.2) is 0 Å². The largest absolute Gasteiger partial charge is 0.367 e. The van der Waals surface area contributed by atoms with Crippen molar-refractivity contribution in [3.8, 4) is 0 Å². The number of amides is 1. The Morgan fingerprint density at radius 2 is 1.71 bits per heavy atom. The molecule has 5 rings (SSSR count). The lowest BCUT2D eigenvalue weighted by Gasteiger charge is -2.35. The summed E-state index contributed by atoms with van der Waals surface area (Å²) >= 11 is 7.64. The fourth-order valence-electron chi connectivity index (χ4n) is 4.07. The molecule has 0 bridgehead atoms. The number of aromatic nitrogens is 1. The molecule has 1 N–H and O–H groups in total. The molecule has 0 radical (unpaired) electrons. The topological polar surface area (TPSA) is 56.4 Å². The number of anilines is 1. The maximum atomic E-state index is 13.4. The van der Waals surface area contributed by atoms with Crippen molar-refractivity contribution < 1.29 is 9.59 Å². The van der Waals surface area contributed by atoms with E-state index >= 15 is 0 Å². The van der Waals surface area contributed by atoms with E-state index < -0.39 is 0 Å². The van der Waals surface area contributed by atoms with Crippen molar-refractivity contribution in [1.82, 2.24) is 9.88 Å². The van der Waals surface area contributed by atoms with E-state index in [0.717, 1.165) is 18.6 Å². The van der Waals surface area contributed by atoms with Crippen molar-refractivity contribution >= 4 is 51.2 Å². The summed E-state index contributed by atoms with van der Waals surface area (Å²) in [7, 11) is 0. The van der Waals surface area contributed by atoms with Crippen LogP contribution in [0.1, 0.15) is 26.3 Å². The zero-order valence-electron chi connectivity index (χ0n) is 16.7. The Morgan fingerprint density at radius 1 is 0.935 bits per heavy atom. The van der Waals surface area contributed by atoms with E-state index in [4.69, 9.17) is 11.6 Å². The first-order valence-corrected chi connectivity index (χ1v) is 11.4. The van der Waals surface area contributed by atoms with Crippen molar-refractivity contribution in [3.63, 3.8) is 0 Å². The van der Waals surface area contributed by atoms with Crippen LogP contribution in [0.5, 0.6) is 0 Å². The standard InChI is InChI=1S/C24H20ClN3O2S/c25-17-6-4-16(5-7-17)23(29)20-14-26-21-3-1-2-19(22(20)21)24(30)28-11-9-27(10-12-28)18-8-13-31-15-18/h1-8,13-15,26H,9-12H2. The van der Waals surface area contributed by atoms with Crippen LogP contribution in [0.25, 0.3) is 10.9 Å². The molecule has 2 aromatic heterocycles. The Morgan fingerprint density at radius 3 is 2.42 bits per heavy atom. The number of ketones is 1. The minimum Gasteiger partial charge on any atom is -0.367 e. The van der Waals surface area contributed by atoms with Crippen LogP contribution in [0.4, 0.5) is 5.69 Å². The minimum absolute atomic E-state index is 0.0414. The molecule has 0 spiro atoms. The molecule has 3 heterocycles. The number of piperazine rings is 1. The minimum atomic E-state index is -0.134. The lowest BCUT2D eigenvalue weighted by molar-refractivity contribution is 0.0749. The van der Waals surface area contributed by atoms with E-state index in [1.807, 2.05) is 23.1 Å². The number of hydrogen-bond donors (Lipinski definition) is 1. The van der Waals surface area contributed by atoms with E-state index in [-0.39, 0.29) is 11.7 Å². The molecule has 1 aliphatic rings. The van der Waals surface area contributed by atoms with Gasteiger partial charge < -0.3 is 14.8 Å². The fraction of sp³-hybridized carbons (Fsp3) is 0.167. The Hall–Kier alpha value is -3.09. The Kier molecular flexibility index (Phi) is 5.26. The van der Waals surface area contributed by atoms with Gasteiger partial charge >= 0.3 is 0 Å². The zero-order chi connectivity index (χ0) is 21.4. The van der Waals surface area contributed by atoms with Gasteiger partial charge in [0.1, 0.15) is 0 Å². The van der Waals surface area contributed by atoms with E-state index in [0.29, 0.717) is 40.2 Å². The zero-order valence-corrected chi connectivity index (χ0v) is 18.2. The highest BCUT2D eigenvalue weighted by atomic mass is 35.5. The highest BCUT2D eigenvalue weighted by Gasteiger charge is 2.26. The van der Waals surface area contributed by atoms with Gasteiger partial charge in [-0.1, -0.05) is 17.7 Å². The summed E-state index contributed by atoms with van der Waals surface area (Å²) in [6.45, 7) is 2.89. The summed E-state index contributed by atoms with van der Waals surface area (Å²) in [6.07, 6.45) is 1.69. The summed E-state index contributed by atoms with van der Waals surface area (Å²) in [4.78, 5) is 33.9. The number of rotatable bonds is 4. The van der Waals surface area contributed by atoms with Crippen LogP contribution in [0.3, 0.4) is 0 Å². The Bertz CT molecular complexity index is 1240. The predicted octanol–water partition coefficient (Wildman–Crippen LogP) is 5.08. The number of carbonyl (C=O) groups excluding carboxylic acids is 2. The number of nitrogens with zero attached hydrogens (tertiary/aromatic N) is 2. The monoisotopic (exact) mass is 449 g/mol. The van der Waals surface area contributed by atoms with Crippen molar-refractivity contribution in [2.75, 3.05) is 31.1 Å². The Balaban J connectivity index is 1.44. The average molecular weight is 450 g/mol. The van der Waals surface area contributed by atoms with Gasteiger partial charge in [0.2, 0.25) is 0 Å². The molecule has 1 amide bonds. The number of hydrogen-bond acceptors (Lipinski definition) is 4.